The van der Waals surface area contributed by atoms with Crippen LogP contribution in [0.4, 0.5) is 14.4 Å². The number of carbonyl (C=O) groups is 12. The van der Waals surface area contributed by atoms with Gasteiger partial charge in [0.25, 0.3) is 0 Å². The molecule has 0 aromatic rings. The summed E-state index contributed by atoms with van der Waals surface area (Å²) in [4.78, 5) is 154. The van der Waals surface area contributed by atoms with Gasteiger partial charge in [-0.3, -0.25) is 43.2 Å². The smallest absolute Gasteiger partial charge is 0.407 e. The van der Waals surface area contributed by atoms with Gasteiger partial charge in [-0.25, -0.2) is 14.4 Å². The van der Waals surface area contributed by atoms with Crippen LogP contribution in [-0.4, -0.2) is 363 Å². The van der Waals surface area contributed by atoms with E-state index in [9.17, 15) is 103 Å². The molecule has 0 saturated carbocycles. The first-order chi connectivity index (χ1) is 63.5. The molecule has 10 amide bonds. The molecule has 4 aliphatic heterocycles. The maximum atomic E-state index is 14.2. The molecule has 18 N–H and O–H groups in total. The van der Waals surface area contributed by atoms with Crippen LogP contribution in [0.25, 0.3) is 0 Å². The Morgan fingerprint density at radius 2 is 0.735 bits per heavy atom. The van der Waals surface area contributed by atoms with Crippen LogP contribution in [0.3, 0.4) is 0 Å². The first kappa shape index (κ1) is 118. The molecule has 762 valence electrons. The Labute approximate surface area is 783 Å². The lowest BCUT2D eigenvalue weighted by Gasteiger charge is -2.42. The number of hydrogen-bond acceptors (Lipinski definition) is 34. The first-order valence-corrected chi connectivity index (χ1v) is 49.7. The van der Waals surface area contributed by atoms with Crippen LogP contribution in [0.1, 0.15) is 245 Å². The number of nitrogens with zero attached hydrogens (tertiary/aromatic N) is 1. The number of alkyl carbamates (subject to hydrolysis) is 3. The van der Waals surface area contributed by atoms with E-state index < -0.39 is 153 Å². The number of nitrogens with one attached hydrogen (secondary N) is 9. The van der Waals surface area contributed by atoms with Crippen LogP contribution in [0.5, 0.6) is 0 Å². The maximum Gasteiger partial charge on any atom is 0.407 e. The highest BCUT2D eigenvalue weighted by Gasteiger charge is 2.48. The summed E-state index contributed by atoms with van der Waals surface area (Å²) >= 11 is 0. The predicted octanol–water partition coefficient (Wildman–Crippen LogP) is 2.18. The van der Waals surface area contributed by atoms with Crippen molar-refractivity contribution >= 4 is 92.8 Å². The number of ether oxygens (including phenoxy) is 11. The van der Waals surface area contributed by atoms with Crippen molar-refractivity contribution < 1.29 is 156 Å². The molecular weight excluding hydrogens is 1770 g/mol. The number of carbonyl (C=O) groups excluding carboxylic acids is 12. The Balaban J connectivity index is 1.28. The van der Waals surface area contributed by atoms with Crippen molar-refractivity contribution in [2.75, 3.05) is 131 Å². The number of hydrogen-bond donors (Lipinski definition) is 18. The van der Waals surface area contributed by atoms with Crippen LogP contribution in [0.2, 0.25) is 0 Å². The minimum absolute atomic E-state index is 0.000586. The number of methoxy groups -OCH3 is 2. The predicted molar refractivity (Wildman–Crippen MR) is 484 cm³/mol. The first-order valence-electron chi connectivity index (χ1n) is 47.2. The SMILES string of the molecule is COC[C@H]1C[C@H](OC)CN1C(=O)CCCCC(=O)CCCSSCCC(=O)NC(CCCCOC(=O)NCCCCCCNC(=O)CCCOC1OC(CO)C(O)C(O)C1NC(C)=O)(CCCOC(=O)NCCCCCCCC(=O)CCCOC1OC(CO)C(O)C(O)C1NC(C)=O)CCCOC(=O)NCCCCCCNC(=O)CCCOC1OC(CO)C(O)C(O)C1NC(C)=O. The fraction of sp³-hybridized carbons (Fsp3) is 0.864. The zero-order valence-corrected chi connectivity index (χ0v) is 79.6. The highest BCUT2D eigenvalue weighted by Crippen LogP contribution is 2.31. The van der Waals surface area contributed by atoms with E-state index >= 15 is 0 Å². The molecule has 4 fully saturated rings. The number of Topliss-reactive ketones (excluding diaryl/α,β-unsaturated/α-hetero) is 2. The Bertz CT molecular complexity index is 3200. The zero-order valence-electron chi connectivity index (χ0n) is 78.0. The Morgan fingerprint density at radius 3 is 1.14 bits per heavy atom. The summed E-state index contributed by atoms with van der Waals surface area (Å²) in [6.07, 6.45) is 0.0743. The largest absolute Gasteiger partial charge is 0.450 e. The summed E-state index contributed by atoms with van der Waals surface area (Å²) in [7, 11) is 6.33. The van der Waals surface area contributed by atoms with Crippen molar-refractivity contribution in [2.45, 2.75) is 355 Å². The maximum absolute atomic E-state index is 14.2. The van der Waals surface area contributed by atoms with Gasteiger partial charge in [0, 0.05) is 143 Å². The van der Waals surface area contributed by atoms with Crippen LogP contribution >= 0.6 is 21.6 Å². The summed E-state index contributed by atoms with van der Waals surface area (Å²) in [5.41, 5.74) is -0.905. The average molecular weight is 1930 g/mol. The Hall–Kier alpha value is -6.54. The molecule has 0 spiro atoms. The van der Waals surface area contributed by atoms with Crippen LogP contribution in [0, 0.1) is 0 Å². The number of aliphatic hydroxyl groups is 9. The van der Waals surface area contributed by atoms with Crippen molar-refractivity contribution in [3.8, 4) is 0 Å². The highest BCUT2D eigenvalue weighted by molar-refractivity contribution is 8.76. The van der Waals surface area contributed by atoms with E-state index in [4.69, 9.17) is 52.1 Å². The topological polar surface area (TPSA) is 600 Å². The second-order valence-electron chi connectivity index (χ2n) is 34.0. The third-order valence-electron chi connectivity index (χ3n) is 23.0. The van der Waals surface area contributed by atoms with Gasteiger partial charge in [0.2, 0.25) is 41.4 Å². The van der Waals surface area contributed by atoms with E-state index in [1.807, 2.05) is 4.90 Å². The summed E-state index contributed by atoms with van der Waals surface area (Å²) in [5, 5.41) is 116. The molecule has 132 heavy (non-hydrogen) atoms. The minimum atomic E-state index is -1.46. The fourth-order valence-electron chi connectivity index (χ4n) is 15.8. The summed E-state index contributed by atoms with van der Waals surface area (Å²) in [5.74, 6) is -0.797. The fourth-order valence-corrected chi connectivity index (χ4v) is 17.9. The van der Waals surface area contributed by atoms with Gasteiger partial charge in [0.05, 0.1) is 78.2 Å². The lowest BCUT2D eigenvalue weighted by Crippen LogP contribution is -2.64. The Kier molecular flexibility index (Phi) is 62.6. The van der Waals surface area contributed by atoms with Crippen molar-refractivity contribution in [1.82, 2.24) is 52.8 Å². The van der Waals surface area contributed by atoms with Gasteiger partial charge in [-0.1, -0.05) is 66.5 Å². The number of aliphatic hydroxyl groups excluding tert-OH is 9. The van der Waals surface area contributed by atoms with E-state index in [1.165, 1.54) is 31.6 Å². The molecule has 18 atom stereocenters. The van der Waals surface area contributed by atoms with E-state index in [0.29, 0.717) is 192 Å². The van der Waals surface area contributed by atoms with Crippen LogP contribution in [-0.2, 0) is 95.3 Å². The Morgan fingerprint density at radius 1 is 0.379 bits per heavy atom. The van der Waals surface area contributed by atoms with Crippen molar-refractivity contribution in [1.29, 1.82) is 0 Å². The molecule has 0 aliphatic carbocycles. The molecule has 4 aliphatic rings. The molecular formula is C88H156N10O32S2. The van der Waals surface area contributed by atoms with Gasteiger partial charge < -0.3 is 151 Å². The molecule has 4 heterocycles. The molecule has 0 bridgehead atoms. The summed E-state index contributed by atoms with van der Waals surface area (Å²) < 4.78 is 61.6. The molecule has 0 aromatic heterocycles. The van der Waals surface area contributed by atoms with E-state index in [1.54, 1.807) is 25.0 Å². The number of amides is 10. The third kappa shape index (κ3) is 49.5. The lowest BCUT2D eigenvalue weighted by molar-refractivity contribution is -0.270. The van der Waals surface area contributed by atoms with Gasteiger partial charge >= 0.3 is 18.3 Å². The van der Waals surface area contributed by atoms with Crippen molar-refractivity contribution in [3.05, 3.63) is 0 Å². The molecule has 44 heteroatoms. The van der Waals surface area contributed by atoms with E-state index in [-0.39, 0.29) is 126 Å². The summed E-state index contributed by atoms with van der Waals surface area (Å²) in [6.45, 7) is 4.92. The van der Waals surface area contributed by atoms with Gasteiger partial charge in [-0.2, -0.15) is 0 Å². The minimum Gasteiger partial charge on any atom is -0.450 e. The third-order valence-corrected chi connectivity index (χ3v) is 25.5. The van der Waals surface area contributed by atoms with E-state index in [2.05, 4.69) is 47.9 Å². The highest BCUT2D eigenvalue weighted by atomic mass is 33.1. The molecule has 4 rings (SSSR count). The summed E-state index contributed by atoms with van der Waals surface area (Å²) in [6, 6.07) is -3.31. The van der Waals surface area contributed by atoms with E-state index in [0.717, 1.165) is 51.4 Å². The normalized spacial score (nSPS) is 24.0. The second-order valence-corrected chi connectivity index (χ2v) is 36.7. The standard InChI is InChI=1S/C88H156N10O32S2/c1-59(102)94-73-79(114)76(111)66(55-99)128-82(73)122-46-23-31-63(105)29-13-7-6-8-19-42-92-86(118)126-49-27-38-88(97-71(109)36-52-132-131-51-26-32-64(106)30-14-15-35-72(110)98-54-65(121-5)53-62(98)58-120-4,39-28-50-127-87(119)93-44-21-12-10-18-41-90-70(108)34-25-48-124-84-75(96-61(3)104)81(116)78(113)68(57-101)130-84)37-16-22-45-125-85(117)91-43-20-11-9-17-40-89-69(107)33-24-47-123-83-74(95-60(2)103)80(115)77(112)67(56-100)129-83/h62,65-68,73-84,99-101,111-116H,6-58H2,1-5H3,(H,89,107)(H,90,108)(H,91,117)(H,92,118)(H,93,119)(H,94,102)(H,95,103)(H,96,104)(H,97,109)/t62-,65+,66?,67?,68?,73?,74?,75?,76?,77?,78?,79?,80?,81?,82?,83?,84?,88?/m1/s1. The molecule has 0 radical (unpaired) electrons. The van der Waals surface area contributed by atoms with Crippen molar-refractivity contribution in [2.24, 2.45) is 0 Å². The quantitative estimate of drug-likeness (QED) is 0.0236. The molecule has 4 saturated heterocycles. The van der Waals surface area contributed by atoms with Gasteiger partial charge in [-0.05, 0) is 128 Å². The molecule has 0 aromatic carbocycles. The average Bonchev–Trinajstić information content (AvgIpc) is 1.15. The van der Waals surface area contributed by atoms with Crippen molar-refractivity contribution in [3.63, 3.8) is 0 Å². The molecule has 42 nitrogen and oxygen atoms in total. The number of ketones is 2. The van der Waals surface area contributed by atoms with Crippen LogP contribution in [0.15, 0.2) is 0 Å². The number of unbranched alkanes of at least 4 members (excludes halogenated alkanes) is 12. The van der Waals surface area contributed by atoms with Crippen LogP contribution < -0.4 is 47.9 Å². The number of likely N-dealkylation sites (tertiary alicyclic amines) is 1. The second kappa shape index (κ2) is 70.1. The van der Waals surface area contributed by atoms with Gasteiger partial charge in [0.15, 0.2) is 18.9 Å². The van der Waals surface area contributed by atoms with Gasteiger partial charge in [-0.15, -0.1) is 0 Å². The monoisotopic (exact) mass is 1930 g/mol. The zero-order chi connectivity index (χ0) is 96.9. The van der Waals surface area contributed by atoms with Gasteiger partial charge in [0.1, 0.15) is 84.6 Å². The molecule has 16 unspecified atom stereocenters. The number of rotatable bonds is 73. The lowest BCUT2D eigenvalue weighted by atomic mass is 9.83.